The highest BCUT2D eigenvalue weighted by atomic mass is 32.1. The summed E-state index contributed by atoms with van der Waals surface area (Å²) in [6.07, 6.45) is 2.24. The second kappa shape index (κ2) is 4.33. The van der Waals surface area contributed by atoms with Gasteiger partial charge in [-0.25, -0.2) is 0 Å². The fourth-order valence-corrected chi connectivity index (χ4v) is 3.01. The van der Waals surface area contributed by atoms with Crippen LogP contribution >= 0.6 is 11.3 Å². The predicted octanol–water partition coefficient (Wildman–Crippen LogP) is 2.28. The molecule has 82 valence electrons. The van der Waals surface area contributed by atoms with Gasteiger partial charge in [0.2, 0.25) is 0 Å². The van der Waals surface area contributed by atoms with Crippen LogP contribution in [-0.4, -0.2) is 29.1 Å². The second-order valence-electron chi connectivity index (χ2n) is 3.99. The summed E-state index contributed by atoms with van der Waals surface area (Å²) in [6.45, 7) is 3.80. The molecule has 1 fully saturated rings. The van der Waals surface area contributed by atoms with Crippen LogP contribution in [0.4, 0.5) is 0 Å². The van der Waals surface area contributed by atoms with E-state index in [1.807, 2.05) is 17.7 Å². The average molecular weight is 225 g/mol. The molecule has 1 unspecified atom stereocenters. The molecule has 0 spiro atoms. The van der Waals surface area contributed by atoms with Crippen molar-refractivity contribution in [2.75, 3.05) is 13.1 Å². The SMILES string of the molecule is Cc1cscc1C(C(=O)O)N1CCCC1. The summed E-state index contributed by atoms with van der Waals surface area (Å²) in [5.74, 6) is -0.724. The molecule has 1 aliphatic heterocycles. The van der Waals surface area contributed by atoms with Gasteiger partial charge in [-0.15, -0.1) is 0 Å². The van der Waals surface area contributed by atoms with Gasteiger partial charge in [-0.3, -0.25) is 9.69 Å². The average Bonchev–Trinajstić information content (AvgIpc) is 2.79. The number of likely N-dealkylation sites (tertiary alicyclic amines) is 1. The lowest BCUT2D eigenvalue weighted by Crippen LogP contribution is -2.31. The number of rotatable bonds is 3. The van der Waals surface area contributed by atoms with E-state index in [1.54, 1.807) is 11.3 Å². The Morgan fingerprint density at radius 2 is 2.13 bits per heavy atom. The second-order valence-corrected chi connectivity index (χ2v) is 4.74. The number of hydrogen-bond acceptors (Lipinski definition) is 3. The zero-order valence-electron chi connectivity index (χ0n) is 8.77. The maximum Gasteiger partial charge on any atom is 0.325 e. The van der Waals surface area contributed by atoms with Crippen LogP contribution in [-0.2, 0) is 4.79 Å². The summed E-state index contributed by atoms with van der Waals surface area (Å²) in [7, 11) is 0. The molecule has 4 heteroatoms. The van der Waals surface area contributed by atoms with Gasteiger partial charge in [-0.05, 0) is 54.7 Å². The first-order valence-electron chi connectivity index (χ1n) is 5.19. The molecule has 0 aliphatic carbocycles. The first-order chi connectivity index (χ1) is 7.20. The zero-order valence-corrected chi connectivity index (χ0v) is 9.59. The minimum absolute atomic E-state index is 0.432. The topological polar surface area (TPSA) is 40.5 Å². The molecule has 1 saturated heterocycles. The fraction of sp³-hybridized carbons (Fsp3) is 0.545. The van der Waals surface area contributed by atoms with E-state index >= 15 is 0 Å². The largest absolute Gasteiger partial charge is 0.480 e. The molecular weight excluding hydrogens is 210 g/mol. The Labute approximate surface area is 93.3 Å². The maximum atomic E-state index is 11.3. The van der Waals surface area contributed by atoms with Gasteiger partial charge in [0, 0.05) is 0 Å². The van der Waals surface area contributed by atoms with Crippen molar-refractivity contribution in [3.63, 3.8) is 0 Å². The van der Waals surface area contributed by atoms with E-state index in [4.69, 9.17) is 0 Å². The molecule has 0 aromatic carbocycles. The normalized spacial score (nSPS) is 19.3. The Morgan fingerprint density at radius 3 is 2.60 bits per heavy atom. The molecule has 0 saturated carbocycles. The minimum atomic E-state index is -0.724. The van der Waals surface area contributed by atoms with E-state index in [2.05, 4.69) is 4.90 Å². The molecule has 2 rings (SSSR count). The highest BCUT2D eigenvalue weighted by Crippen LogP contribution is 2.29. The van der Waals surface area contributed by atoms with Crippen molar-refractivity contribution in [1.82, 2.24) is 4.90 Å². The van der Waals surface area contributed by atoms with Crippen molar-refractivity contribution in [2.45, 2.75) is 25.8 Å². The van der Waals surface area contributed by atoms with Gasteiger partial charge in [0.15, 0.2) is 0 Å². The Kier molecular flexibility index (Phi) is 3.07. The van der Waals surface area contributed by atoms with Gasteiger partial charge in [0.25, 0.3) is 0 Å². The predicted molar refractivity (Wildman–Crippen MR) is 60.2 cm³/mol. The molecule has 15 heavy (non-hydrogen) atoms. The van der Waals surface area contributed by atoms with Gasteiger partial charge in [-0.2, -0.15) is 11.3 Å². The smallest absolute Gasteiger partial charge is 0.325 e. The van der Waals surface area contributed by atoms with Gasteiger partial charge >= 0.3 is 5.97 Å². The van der Waals surface area contributed by atoms with Crippen molar-refractivity contribution in [1.29, 1.82) is 0 Å². The molecule has 1 aromatic rings. The zero-order chi connectivity index (χ0) is 10.8. The monoisotopic (exact) mass is 225 g/mol. The Morgan fingerprint density at radius 1 is 1.47 bits per heavy atom. The number of aryl methyl sites for hydroxylation is 1. The highest BCUT2D eigenvalue weighted by Gasteiger charge is 2.30. The van der Waals surface area contributed by atoms with E-state index in [0.717, 1.165) is 37.1 Å². The standard InChI is InChI=1S/C11H15NO2S/c1-8-6-15-7-9(8)10(11(13)14)12-4-2-3-5-12/h6-7,10H,2-5H2,1H3,(H,13,14). The van der Waals surface area contributed by atoms with Crippen LogP contribution in [0.5, 0.6) is 0 Å². The fourth-order valence-electron chi connectivity index (χ4n) is 2.14. The van der Waals surface area contributed by atoms with Crippen molar-refractivity contribution < 1.29 is 9.90 Å². The third kappa shape index (κ3) is 2.06. The highest BCUT2D eigenvalue weighted by molar-refractivity contribution is 7.08. The number of aliphatic carboxylic acids is 1. The number of hydrogen-bond donors (Lipinski definition) is 1. The van der Waals surface area contributed by atoms with Crippen molar-refractivity contribution in [2.24, 2.45) is 0 Å². The molecule has 0 radical (unpaired) electrons. The van der Waals surface area contributed by atoms with Gasteiger partial charge in [0.05, 0.1) is 0 Å². The lowest BCUT2D eigenvalue weighted by Gasteiger charge is -2.23. The van der Waals surface area contributed by atoms with Crippen LogP contribution in [0, 0.1) is 6.92 Å². The summed E-state index contributed by atoms with van der Waals surface area (Å²) < 4.78 is 0. The molecule has 3 nitrogen and oxygen atoms in total. The van der Waals surface area contributed by atoms with Crippen LogP contribution in [0.2, 0.25) is 0 Å². The Hall–Kier alpha value is -0.870. The first kappa shape index (κ1) is 10.6. The lowest BCUT2D eigenvalue weighted by atomic mass is 10.1. The molecule has 1 aromatic heterocycles. The Balaban J connectivity index is 2.27. The number of carboxylic acid groups (broad SMARTS) is 1. The molecular formula is C11H15NO2S. The van der Waals surface area contributed by atoms with Crippen LogP contribution < -0.4 is 0 Å². The van der Waals surface area contributed by atoms with Gasteiger partial charge < -0.3 is 5.11 Å². The molecule has 2 heterocycles. The van der Waals surface area contributed by atoms with E-state index in [1.165, 1.54) is 0 Å². The van der Waals surface area contributed by atoms with Gasteiger partial charge in [-0.1, -0.05) is 0 Å². The number of carboxylic acids is 1. The van der Waals surface area contributed by atoms with Crippen molar-refractivity contribution in [3.8, 4) is 0 Å². The van der Waals surface area contributed by atoms with Crippen LogP contribution in [0.1, 0.15) is 30.0 Å². The van der Waals surface area contributed by atoms with E-state index < -0.39 is 12.0 Å². The summed E-state index contributed by atoms with van der Waals surface area (Å²) in [5.41, 5.74) is 2.06. The molecule has 0 amide bonds. The molecule has 1 aliphatic rings. The summed E-state index contributed by atoms with van der Waals surface area (Å²) in [6, 6.07) is -0.432. The number of carbonyl (C=O) groups is 1. The molecule has 1 N–H and O–H groups in total. The summed E-state index contributed by atoms with van der Waals surface area (Å²) >= 11 is 1.58. The first-order valence-corrected chi connectivity index (χ1v) is 6.14. The van der Waals surface area contributed by atoms with Crippen molar-refractivity contribution in [3.05, 3.63) is 21.9 Å². The molecule has 0 bridgehead atoms. The maximum absolute atomic E-state index is 11.3. The van der Waals surface area contributed by atoms with E-state index in [0.29, 0.717) is 0 Å². The quantitative estimate of drug-likeness (QED) is 0.858. The third-order valence-electron chi connectivity index (χ3n) is 2.93. The number of thiophene rings is 1. The van der Waals surface area contributed by atoms with Crippen molar-refractivity contribution >= 4 is 17.3 Å². The van der Waals surface area contributed by atoms with Gasteiger partial charge in [0.1, 0.15) is 6.04 Å². The lowest BCUT2D eigenvalue weighted by molar-refractivity contribution is -0.143. The molecule has 1 atom stereocenters. The summed E-state index contributed by atoms with van der Waals surface area (Å²) in [4.78, 5) is 13.4. The van der Waals surface area contributed by atoms with Crippen LogP contribution in [0.3, 0.4) is 0 Å². The number of nitrogens with zero attached hydrogens (tertiary/aromatic N) is 1. The third-order valence-corrected chi connectivity index (χ3v) is 3.81. The van der Waals surface area contributed by atoms with E-state index in [-0.39, 0.29) is 0 Å². The Bertz CT molecular complexity index is 355. The minimum Gasteiger partial charge on any atom is -0.480 e. The summed E-state index contributed by atoms with van der Waals surface area (Å²) in [5, 5.41) is 13.3. The van der Waals surface area contributed by atoms with Crippen LogP contribution in [0.25, 0.3) is 0 Å². The van der Waals surface area contributed by atoms with Crippen LogP contribution in [0.15, 0.2) is 10.8 Å². The van der Waals surface area contributed by atoms with E-state index in [9.17, 15) is 9.90 Å².